The first-order valence-corrected chi connectivity index (χ1v) is 7.37. The molecule has 2 aromatic rings. The molecule has 0 aliphatic heterocycles. The normalized spacial score (nSPS) is 10.6. The Morgan fingerprint density at radius 3 is 2.30 bits per heavy atom. The van der Waals surface area contributed by atoms with Gasteiger partial charge in [-0.05, 0) is 60.7 Å². The van der Waals surface area contributed by atoms with E-state index in [0.717, 1.165) is 29.5 Å². The summed E-state index contributed by atoms with van der Waals surface area (Å²) in [6.07, 6.45) is 1.95. The fraction of sp³-hybridized carbons (Fsp3) is 0.278. The topological polar surface area (TPSA) is 17.1 Å². The summed E-state index contributed by atoms with van der Waals surface area (Å²) in [5.74, 6) is 0.0662. The number of aryl methyl sites for hydroxylation is 3. The summed E-state index contributed by atoms with van der Waals surface area (Å²) in [5, 5.41) is 0.662. The second-order valence-electron chi connectivity index (χ2n) is 4.98. The number of hydrogen-bond donors (Lipinski definition) is 0. The molecule has 104 valence electrons. The molecule has 0 fully saturated rings. The van der Waals surface area contributed by atoms with Crippen LogP contribution in [0.5, 0.6) is 0 Å². The maximum atomic E-state index is 12.6. The molecule has 2 heteroatoms. The van der Waals surface area contributed by atoms with Gasteiger partial charge in [-0.2, -0.15) is 0 Å². The van der Waals surface area contributed by atoms with Gasteiger partial charge in [-0.25, -0.2) is 0 Å². The van der Waals surface area contributed by atoms with E-state index < -0.39 is 0 Å². The Labute approximate surface area is 125 Å². The summed E-state index contributed by atoms with van der Waals surface area (Å²) in [7, 11) is 0. The highest BCUT2D eigenvalue weighted by Gasteiger charge is 2.13. The van der Waals surface area contributed by atoms with Crippen LogP contribution in [0.3, 0.4) is 0 Å². The number of benzene rings is 2. The fourth-order valence-corrected chi connectivity index (χ4v) is 2.71. The predicted octanol–water partition coefficient (Wildman–Crippen LogP) is 5.00. The van der Waals surface area contributed by atoms with Crippen LogP contribution in [-0.4, -0.2) is 5.78 Å². The number of halogens is 1. The van der Waals surface area contributed by atoms with E-state index >= 15 is 0 Å². The van der Waals surface area contributed by atoms with Crippen LogP contribution in [0.4, 0.5) is 0 Å². The average molecular weight is 287 g/mol. The van der Waals surface area contributed by atoms with Gasteiger partial charge in [0.25, 0.3) is 0 Å². The molecule has 0 aromatic heterocycles. The number of ketones is 1. The molecule has 0 aliphatic rings. The monoisotopic (exact) mass is 286 g/mol. The Morgan fingerprint density at radius 1 is 1.00 bits per heavy atom. The van der Waals surface area contributed by atoms with E-state index in [9.17, 15) is 4.79 Å². The van der Waals surface area contributed by atoms with Crippen molar-refractivity contribution in [3.63, 3.8) is 0 Å². The first kappa shape index (κ1) is 14.8. The molecule has 20 heavy (non-hydrogen) atoms. The van der Waals surface area contributed by atoms with Gasteiger partial charge in [-0.3, -0.25) is 4.79 Å². The van der Waals surface area contributed by atoms with E-state index in [1.54, 1.807) is 12.1 Å². The molecule has 0 amide bonds. The number of rotatable bonds is 4. The zero-order valence-electron chi connectivity index (χ0n) is 12.2. The molecule has 2 aromatic carbocycles. The van der Waals surface area contributed by atoms with Crippen molar-refractivity contribution in [2.45, 2.75) is 33.6 Å². The van der Waals surface area contributed by atoms with Gasteiger partial charge in [-0.15, -0.1) is 0 Å². The lowest BCUT2D eigenvalue weighted by molar-refractivity contribution is 0.103. The van der Waals surface area contributed by atoms with Crippen molar-refractivity contribution >= 4 is 17.4 Å². The molecule has 2 rings (SSSR count). The van der Waals surface area contributed by atoms with E-state index in [1.165, 1.54) is 11.1 Å². The fourth-order valence-electron chi connectivity index (χ4n) is 2.48. The highest BCUT2D eigenvalue weighted by Crippen LogP contribution is 2.21. The third-order valence-corrected chi connectivity index (χ3v) is 3.90. The summed E-state index contributed by atoms with van der Waals surface area (Å²) in [5.41, 5.74) is 4.96. The zero-order valence-corrected chi connectivity index (χ0v) is 12.9. The molecule has 0 saturated carbocycles. The first-order chi connectivity index (χ1) is 9.56. The number of carbonyl (C=O) groups excluding carboxylic acids is 1. The largest absolute Gasteiger partial charge is 0.289 e. The van der Waals surface area contributed by atoms with Gasteiger partial charge in [0.2, 0.25) is 0 Å². The van der Waals surface area contributed by atoms with Crippen molar-refractivity contribution < 1.29 is 4.79 Å². The minimum atomic E-state index is 0.0662. The Kier molecular flexibility index (Phi) is 4.61. The van der Waals surface area contributed by atoms with Crippen LogP contribution in [-0.2, 0) is 12.8 Å². The molecule has 0 saturated heterocycles. The predicted molar refractivity (Wildman–Crippen MR) is 84.8 cm³/mol. The van der Waals surface area contributed by atoms with E-state index in [4.69, 9.17) is 11.6 Å². The second kappa shape index (κ2) is 6.23. The van der Waals surface area contributed by atoms with Gasteiger partial charge in [0.1, 0.15) is 0 Å². The molecule has 0 aliphatic carbocycles. The summed E-state index contributed by atoms with van der Waals surface area (Å²) in [6.45, 7) is 6.18. The molecule has 0 bridgehead atoms. The van der Waals surface area contributed by atoms with Crippen molar-refractivity contribution in [2.75, 3.05) is 0 Å². The van der Waals surface area contributed by atoms with Crippen LogP contribution in [0.15, 0.2) is 36.4 Å². The van der Waals surface area contributed by atoms with Gasteiger partial charge in [-0.1, -0.05) is 37.6 Å². The second-order valence-corrected chi connectivity index (χ2v) is 5.42. The van der Waals surface area contributed by atoms with Gasteiger partial charge in [0.15, 0.2) is 5.78 Å². The van der Waals surface area contributed by atoms with Crippen LogP contribution in [0.25, 0.3) is 0 Å². The number of carbonyl (C=O) groups is 1. The molecular formula is C18H19ClO. The van der Waals surface area contributed by atoms with E-state index in [-0.39, 0.29) is 5.78 Å². The molecule has 0 heterocycles. The summed E-state index contributed by atoms with van der Waals surface area (Å²) in [6, 6.07) is 11.4. The molecule has 0 atom stereocenters. The third kappa shape index (κ3) is 2.94. The lowest BCUT2D eigenvalue weighted by atomic mass is 9.94. The van der Waals surface area contributed by atoms with Crippen molar-refractivity contribution in [3.8, 4) is 0 Å². The van der Waals surface area contributed by atoms with Gasteiger partial charge < -0.3 is 0 Å². The van der Waals surface area contributed by atoms with Gasteiger partial charge in [0.05, 0.1) is 0 Å². The number of hydrogen-bond acceptors (Lipinski definition) is 1. The van der Waals surface area contributed by atoms with Crippen LogP contribution in [0.2, 0.25) is 5.02 Å². The molecule has 0 N–H and O–H groups in total. The molecule has 0 radical (unpaired) electrons. The first-order valence-electron chi connectivity index (χ1n) is 6.99. The van der Waals surface area contributed by atoms with Crippen molar-refractivity contribution in [1.82, 2.24) is 0 Å². The van der Waals surface area contributed by atoms with Crippen molar-refractivity contribution in [2.24, 2.45) is 0 Å². The summed E-state index contributed by atoms with van der Waals surface area (Å²) >= 11 is 5.94. The molecule has 0 spiro atoms. The highest BCUT2D eigenvalue weighted by atomic mass is 35.5. The van der Waals surface area contributed by atoms with E-state index in [0.29, 0.717) is 5.02 Å². The highest BCUT2D eigenvalue weighted by molar-refractivity contribution is 6.30. The average Bonchev–Trinajstić information content (AvgIpc) is 2.45. The van der Waals surface area contributed by atoms with Crippen molar-refractivity contribution in [3.05, 3.63) is 69.2 Å². The van der Waals surface area contributed by atoms with E-state index in [2.05, 4.69) is 19.9 Å². The quantitative estimate of drug-likeness (QED) is 0.723. The maximum Gasteiger partial charge on any atom is 0.193 e. The van der Waals surface area contributed by atoms with Gasteiger partial charge >= 0.3 is 0 Å². The molecule has 0 unspecified atom stereocenters. The van der Waals surface area contributed by atoms with Crippen LogP contribution >= 0.6 is 11.6 Å². The van der Waals surface area contributed by atoms with Gasteiger partial charge in [0, 0.05) is 16.1 Å². The molecule has 1 nitrogen and oxygen atoms in total. The standard InChI is InChI=1S/C18H19ClO/c1-4-13-6-7-15(11-14(13)5-2)18(20)17-9-8-16(19)10-12(17)3/h6-11H,4-5H2,1-3H3. The minimum Gasteiger partial charge on any atom is -0.289 e. The van der Waals surface area contributed by atoms with Crippen molar-refractivity contribution in [1.29, 1.82) is 0 Å². The Balaban J connectivity index is 2.43. The van der Waals surface area contributed by atoms with E-state index in [1.807, 2.05) is 25.1 Å². The van der Waals surface area contributed by atoms with Crippen LogP contribution in [0, 0.1) is 6.92 Å². The summed E-state index contributed by atoms with van der Waals surface area (Å²) in [4.78, 5) is 12.6. The SMILES string of the molecule is CCc1ccc(C(=O)c2ccc(Cl)cc2C)cc1CC. The smallest absolute Gasteiger partial charge is 0.193 e. The lowest BCUT2D eigenvalue weighted by Gasteiger charge is -2.10. The maximum absolute atomic E-state index is 12.6. The minimum absolute atomic E-state index is 0.0662. The van der Waals surface area contributed by atoms with Crippen LogP contribution in [0.1, 0.15) is 46.5 Å². The summed E-state index contributed by atoms with van der Waals surface area (Å²) < 4.78 is 0. The Bertz CT molecular complexity index is 644. The lowest BCUT2D eigenvalue weighted by Crippen LogP contribution is -2.05. The third-order valence-electron chi connectivity index (χ3n) is 3.66. The zero-order chi connectivity index (χ0) is 14.7. The Morgan fingerprint density at radius 2 is 1.70 bits per heavy atom. The Hall–Kier alpha value is -1.60. The molecular weight excluding hydrogens is 268 g/mol. The van der Waals surface area contributed by atoms with Crippen LogP contribution < -0.4 is 0 Å².